The van der Waals surface area contributed by atoms with E-state index in [0.717, 1.165) is 54.1 Å². The smallest absolute Gasteiger partial charge is 0.274 e. The molecule has 7 heteroatoms. The first kappa shape index (κ1) is 20.2. The third kappa shape index (κ3) is 3.72. The number of piperidine rings is 1. The second-order valence-electron chi connectivity index (χ2n) is 8.11. The largest absolute Gasteiger partial charge is 0.497 e. The number of carbonyl (C=O) groups excluding carboxylic acids is 1. The summed E-state index contributed by atoms with van der Waals surface area (Å²) in [6, 6.07) is 10.2. The standard InChI is InChI=1S/C23H29N5O2/c1-15-12-22(24-20-14-18(30-5)6-7-19(15)20)28-10-8-17(9-11-28)26(3)23(29)21-13-16(2)27(4)25-21/h6-7,12-14,17H,8-11H2,1-5H3. The van der Waals surface area contributed by atoms with Gasteiger partial charge in [-0.25, -0.2) is 4.98 Å². The monoisotopic (exact) mass is 407 g/mol. The predicted octanol–water partition coefficient (Wildman–Crippen LogP) is 3.33. The van der Waals surface area contributed by atoms with Gasteiger partial charge in [-0.1, -0.05) is 0 Å². The van der Waals surface area contributed by atoms with Crippen molar-refractivity contribution in [2.24, 2.45) is 7.05 Å². The van der Waals surface area contributed by atoms with E-state index in [2.05, 4.69) is 29.1 Å². The molecule has 0 saturated carbocycles. The fourth-order valence-corrected chi connectivity index (χ4v) is 4.15. The first-order valence-electron chi connectivity index (χ1n) is 10.4. The van der Waals surface area contributed by atoms with Crippen molar-refractivity contribution in [1.29, 1.82) is 0 Å². The minimum atomic E-state index is -0.0103. The number of anilines is 1. The lowest BCUT2D eigenvalue weighted by atomic mass is 10.0. The van der Waals surface area contributed by atoms with Crippen LogP contribution in [0.5, 0.6) is 5.75 Å². The maximum absolute atomic E-state index is 12.8. The summed E-state index contributed by atoms with van der Waals surface area (Å²) in [4.78, 5) is 21.9. The number of rotatable bonds is 4. The Bertz CT molecular complexity index is 1060. The summed E-state index contributed by atoms with van der Waals surface area (Å²) in [5.74, 6) is 1.79. The Morgan fingerprint density at radius 3 is 2.53 bits per heavy atom. The lowest BCUT2D eigenvalue weighted by Crippen LogP contribution is -2.46. The summed E-state index contributed by atoms with van der Waals surface area (Å²) in [6.07, 6.45) is 1.82. The van der Waals surface area contributed by atoms with E-state index in [4.69, 9.17) is 9.72 Å². The molecule has 0 radical (unpaired) electrons. The Kier molecular flexibility index (Phi) is 5.37. The lowest BCUT2D eigenvalue weighted by Gasteiger charge is -2.37. The second kappa shape index (κ2) is 7.97. The van der Waals surface area contributed by atoms with Crippen molar-refractivity contribution < 1.29 is 9.53 Å². The second-order valence-corrected chi connectivity index (χ2v) is 8.11. The van der Waals surface area contributed by atoms with Crippen molar-refractivity contribution in [2.75, 3.05) is 32.1 Å². The molecule has 7 nitrogen and oxygen atoms in total. The molecule has 158 valence electrons. The fraction of sp³-hybridized carbons (Fsp3) is 0.435. The number of methoxy groups -OCH3 is 1. The van der Waals surface area contributed by atoms with Crippen LogP contribution in [0.1, 0.15) is 34.6 Å². The van der Waals surface area contributed by atoms with Gasteiger partial charge in [0.15, 0.2) is 5.69 Å². The van der Waals surface area contributed by atoms with Crippen LogP contribution in [-0.2, 0) is 7.05 Å². The van der Waals surface area contributed by atoms with E-state index >= 15 is 0 Å². The first-order chi connectivity index (χ1) is 14.4. The molecule has 3 heterocycles. The van der Waals surface area contributed by atoms with E-state index in [1.165, 1.54) is 5.56 Å². The third-order valence-electron chi connectivity index (χ3n) is 6.20. The number of amides is 1. The van der Waals surface area contributed by atoms with Crippen LogP contribution in [-0.4, -0.2) is 58.9 Å². The quantitative estimate of drug-likeness (QED) is 0.664. The number of benzene rings is 1. The highest BCUT2D eigenvalue weighted by atomic mass is 16.5. The zero-order valence-corrected chi connectivity index (χ0v) is 18.3. The number of pyridine rings is 1. The van der Waals surface area contributed by atoms with Gasteiger partial charge < -0.3 is 14.5 Å². The molecule has 0 N–H and O–H groups in total. The minimum Gasteiger partial charge on any atom is -0.497 e. The molecular formula is C23H29N5O2. The topological polar surface area (TPSA) is 63.5 Å². The molecule has 0 atom stereocenters. The van der Waals surface area contributed by atoms with Crippen molar-refractivity contribution in [3.8, 4) is 5.75 Å². The van der Waals surface area contributed by atoms with Gasteiger partial charge in [0.2, 0.25) is 0 Å². The SMILES string of the molecule is COc1ccc2c(C)cc(N3CCC(N(C)C(=O)c4cc(C)n(C)n4)CC3)nc2c1. The number of carbonyl (C=O) groups is 1. The highest BCUT2D eigenvalue weighted by molar-refractivity contribution is 5.92. The van der Waals surface area contributed by atoms with Crippen molar-refractivity contribution in [2.45, 2.75) is 32.7 Å². The molecule has 0 unspecified atom stereocenters. The van der Waals surface area contributed by atoms with Crippen molar-refractivity contribution in [3.05, 3.63) is 47.3 Å². The van der Waals surface area contributed by atoms with Gasteiger partial charge in [0, 0.05) is 50.4 Å². The van der Waals surface area contributed by atoms with Crippen LogP contribution >= 0.6 is 0 Å². The van der Waals surface area contributed by atoms with Crippen LogP contribution in [0.4, 0.5) is 5.82 Å². The highest BCUT2D eigenvalue weighted by Gasteiger charge is 2.28. The average Bonchev–Trinajstić information content (AvgIpc) is 3.10. The fourth-order valence-electron chi connectivity index (χ4n) is 4.15. The van der Waals surface area contributed by atoms with Crippen LogP contribution in [0.15, 0.2) is 30.3 Å². The molecule has 3 aromatic rings. The van der Waals surface area contributed by atoms with E-state index in [9.17, 15) is 4.79 Å². The first-order valence-corrected chi connectivity index (χ1v) is 10.4. The van der Waals surface area contributed by atoms with Crippen LogP contribution in [0.2, 0.25) is 0 Å². The molecule has 1 saturated heterocycles. The summed E-state index contributed by atoms with van der Waals surface area (Å²) < 4.78 is 7.10. The van der Waals surface area contributed by atoms with Crippen LogP contribution in [0.25, 0.3) is 10.9 Å². The Morgan fingerprint density at radius 1 is 1.17 bits per heavy atom. The number of hydrogen-bond acceptors (Lipinski definition) is 5. The lowest BCUT2D eigenvalue weighted by molar-refractivity contribution is 0.0702. The minimum absolute atomic E-state index is 0.0103. The number of fused-ring (bicyclic) bond motifs is 1. The molecule has 1 amide bonds. The zero-order valence-electron chi connectivity index (χ0n) is 18.3. The Balaban J connectivity index is 1.47. The summed E-state index contributed by atoms with van der Waals surface area (Å²) in [7, 11) is 5.42. The van der Waals surface area contributed by atoms with Crippen LogP contribution in [0, 0.1) is 13.8 Å². The molecule has 30 heavy (non-hydrogen) atoms. The van der Waals surface area contributed by atoms with Gasteiger partial charge >= 0.3 is 0 Å². The number of hydrogen-bond donors (Lipinski definition) is 0. The zero-order chi connectivity index (χ0) is 21.4. The number of aryl methyl sites for hydroxylation is 3. The molecule has 0 bridgehead atoms. The molecule has 2 aromatic heterocycles. The normalized spacial score (nSPS) is 14.9. The van der Waals surface area contributed by atoms with E-state index in [0.29, 0.717) is 5.69 Å². The van der Waals surface area contributed by atoms with Gasteiger partial charge in [-0.15, -0.1) is 0 Å². The molecule has 1 aromatic carbocycles. The van der Waals surface area contributed by atoms with E-state index in [1.54, 1.807) is 11.8 Å². The average molecular weight is 408 g/mol. The number of aromatic nitrogens is 3. The molecular weight excluding hydrogens is 378 g/mol. The molecule has 4 rings (SSSR count). The Morgan fingerprint density at radius 2 is 1.90 bits per heavy atom. The van der Waals surface area contributed by atoms with Crippen LogP contribution < -0.4 is 9.64 Å². The maximum Gasteiger partial charge on any atom is 0.274 e. The van der Waals surface area contributed by atoms with Gasteiger partial charge in [0.1, 0.15) is 11.6 Å². The van der Waals surface area contributed by atoms with Gasteiger partial charge in [-0.3, -0.25) is 9.48 Å². The maximum atomic E-state index is 12.8. The summed E-state index contributed by atoms with van der Waals surface area (Å²) in [5, 5.41) is 5.48. The van der Waals surface area contributed by atoms with Crippen molar-refractivity contribution in [3.63, 3.8) is 0 Å². The Hall–Kier alpha value is -3.09. The number of nitrogens with zero attached hydrogens (tertiary/aromatic N) is 5. The number of ether oxygens (including phenoxy) is 1. The molecule has 1 fully saturated rings. The Labute approximate surface area is 177 Å². The summed E-state index contributed by atoms with van der Waals surface area (Å²) in [5.41, 5.74) is 3.65. The summed E-state index contributed by atoms with van der Waals surface area (Å²) in [6.45, 7) is 5.81. The van der Waals surface area contributed by atoms with Gasteiger partial charge in [-0.2, -0.15) is 5.10 Å². The summed E-state index contributed by atoms with van der Waals surface area (Å²) >= 11 is 0. The van der Waals surface area contributed by atoms with Crippen molar-refractivity contribution in [1.82, 2.24) is 19.7 Å². The van der Waals surface area contributed by atoms with E-state index < -0.39 is 0 Å². The highest BCUT2D eigenvalue weighted by Crippen LogP contribution is 2.28. The molecule has 1 aliphatic rings. The van der Waals surface area contributed by atoms with Crippen molar-refractivity contribution >= 4 is 22.6 Å². The third-order valence-corrected chi connectivity index (χ3v) is 6.20. The van der Waals surface area contributed by atoms with Crippen LogP contribution in [0.3, 0.4) is 0 Å². The molecule has 0 aliphatic carbocycles. The van der Waals surface area contributed by atoms with Gasteiger partial charge in [0.25, 0.3) is 5.91 Å². The van der Waals surface area contributed by atoms with Gasteiger partial charge in [0.05, 0.1) is 12.6 Å². The predicted molar refractivity (Wildman–Crippen MR) is 118 cm³/mol. The molecule has 1 aliphatic heterocycles. The van der Waals surface area contributed by atoms with Gasteiger partial charge in [-0.05, 0) is 56.5 Å². The molecule has 0 spiro atoms. The van der Waals surface area contributed by atoms with E-state index in [-0.39, 0.29) is 11.9 Å². The van der Waals surface area contributed by atoms with E-state index in [1.807, 2.05) is 44.1 Å².